The molecule has 1 aliphatic carbocycles. The minimum atomic E-state index is -0.380. The molecule has 24 heavy (non-hydrogen) atoms. The number of halogens is 1. The van der Waals surface area contributed by atoms with E-state index >= 15 is 0 Å². The minimum absolute atomic E-state index is 0. The third-order valence-corrected chi connectivity index (χ3v) is 5.14. The molecule has 2 aromatic rings. The van der Waals surface area contributed by atoms with Crippen LogP contribution in [0.15, 0.2) is 60.7 Å². The Balaban J connectivity index is 0.00000208. The van der Waals surface area contributed by atoms with Crippen molar-refractivity contribution in [2.45, 2.75) is 31.3 Å². The first-order chi connectivity index (χ1) is 11.3. The van der Waals surface area contributed by atoms with Gasteiger partial charge in [0.2, 0.25) is 0 Å². The quantitative estimate of drug-likeness (QED) is 0.695. The standard InChI is InChI=1S/C21H27NO.ClH/c1-23-21(19-11-4-2-5-12-19,20-13-6-3-7-14-20)15-16-22-17-18-9-8-10-18;/h2-7,11-14,18,22H,8-10,15-17H2,1H3;1H. The summed E-state index contributed by atoms with van der Waals surface area (Å²) in [5.74, 6) is 0.889. The predicted molar refractivity (Wildman–Crippen MR) is 103 cm³/mol. The van der Waals surface area contributed by atoms with E-state index in [1.807, 2.05) is 7.11 Å². The fourth-order valence-corrected chi connectivity index (χ4v) is 3.48. The number of benzene rings is 2. The van der Waals surface area contributed by atoms with Gasteiger partial charge in [-0.05, 0) is 49.4 Å². The van der Waals surface area contributed by atoms with Gasteiger partial charge in [0.25, 0.3) is 0 Å². The number of hydrogen-bond acceptors (Lipinski definition) is 2. The van der Waals surface area contributed by atoms with Crippen molar-refractivity contribution in [3.63, 3.8) is 0 Å². The van der Waals surface area contributed by atoms with Crippen molar-refractivity contribution < 1.29 is 4.74 Å². The van der Waals surface area contributed by atoms with Crippen LogP contribution in [0.1, 0.15) is 36.8 Å². The van der Waals surface area contributed by atoms with Crippen LogP contribution in [0.5, 0.6) is 0 Å². The van der Waals surface area contributed by atoms with Gasteiger partial charge in [-0.25, -0.2) is 0 Å². The fraction of sp³-hybridized carbons (Fsp3) is 0.429. The largest absolute Gasteiger partial charge is 0.369 e. The highest BCUT2D eigenvalue weighted by Gasteiger charge is 2.33. The Bertz CT molecular complexity index is 544. The highest BCUT2D eigenvalue weighted by atomic mass is 35.5. The van der Waals surface area contributed by atoms with Crippen LogP contribution in [0.25, 0.3) is 0 Å². The van der Waals surface area contributed by atoms with Gasteiger partial charge in [-0.15, -0.1) is 12.4 Å². The lowest BCUT2D eigenvalue weighted by Crippen LogP contribution is -2.36. The molecule has 0 saturated heterocycles. The van der Waals surface area contributed by atoms with Crippen LogP contribution in [0.3, 0.4) is 0 Å². The van der Waals surface area contributed by atoms with Gasteiger partial charge < -0.3 is 10.1 Å². The van der Waals surface area contributed by atoms with Crippen molar-refractivity contribution in [1.82, 2.24) is 5.32 Å². The number of rotatable bonds is 8. The zero-order valence-electron chi connectivity index (χ0n) is 14.4. The van der Waals surface area contributed by atoms with Crippen molar-refractivity contribution in [1.29, 1.82) is 0 Å². The number of nitrogens with one attached hydrogen (secondary N) is 1. The third-order valence-electron chi connectivity index (χ3n) is 5.14. The Kier molecular flexibility index (Phi) is 7.29. The Morgan fingerprint density at radius 3 is 1.92 bits per heavy atom. The second kappa shape index (κ2) is 9.22. The molecule has 0 unspecified atom stereocenters. The van der Waals surface area contributed by atoms with Gasteiger partial charge in [0, 0.05) is 7.11 Å². The normalized spacial score (nSPS) is 14.7. The lowest BCUT2D eigenvalue weighted by molar-refractivity contribution is 0.0144. The SMILES string of the molecule is COC(CCNCC1CCC1)(c1ccccc1)c1ccccc1.Cl. The van der Waals surface area contributed by atoms with Gasteiger partial charge in [-0.3, -0.25) is 0 Å². The molecule has 0 amide bonds. The van der Waals surface area contributed by atoms with E-state index in [2.05, 4.69) is 66.0 Å². The zero-order chi connectivity index (χ0) is 16.0. The Hall–Kier alpha value is -1.35. The summed E-state index contributed by atoms with van der Waals surface area (Å²) >= 11 is 0. The number of methoxy groups -OCH3 is 1. The molecule has 2 nitrogen and oxygen atoms in total. The molecule has 130 valence electrons. The second-order valence-electron chi connectivity index (χ2n) is 6.51. The van der Waals surface area contributed by atoms with Crippen LogP contribution in [-0.2, 0) is 10.3 Å². The van der Waals surface area contributed by atoms with Gasteiger partial charge >= 0.3 is 0 Å². The van der Waals surface area contributed by atoms with E-state index in [0.717, 1.165) is 25.4 Å². The molecule has 2 aromatic carbocycles. The summed E-state index contributed by atoms with van der Waals surface area (Å²) in [7, 11) is 1.83. The van der Waals surface area contributed by atoms with Crippen molar-refractivity contribution in [2.24, 2.45) is 5.92 Å². The van der Waals surface area contributed by atoms with E-state index in [9.17, 15) is 0 Å². The van der Waals surface area contributed by atoms with Gasteiger partial charge in [0.1, 0.15) is 5.60 Å². The van der Waals surface area contributed by atoms with Crippen molar-refractivity contribution >= 4 is 12.4 Å². The third kappa shape index (κ3) is 4.18. The molecule has 0 radical (unpaired) electrons. The van der Waals surface area contributed by atoms with Gasteiger partial charge in [0.05, 0.1) is 0 Å². The molecule has 0 heterocycles. The minimum Gasteiger partial charge on any atom is -0.369 e. The lowest BCUT2D eigenvalue weighted by atomic mass is 9.82. The molecule has 0 bridgehead atoms. The summed E-state index contributed by atoms with van der Waals surface area (Å²) in [5, 5.41) is 3.64. The first kappa shape index (κ1) is 19.0. The lowest BCUT2D eigenvalue weighted by Gasteiger charge is -2.34. The second-order valence-corrected chi connectivity index (χ2v) is 6.51. The Labute approximate surface area is 152 Å². The van der Waals surface area contributed by atoms with Gasteiger partial charge in [-0.1, -0.05) is 67.1 Å². The molecule has 3 rings (SSSR count). The highest BCUT2D eigenvalue weighted by Crippen LogP contribution is 2.36. The molecule has 0 atom stereocenters. The molecular weight excluding hydrogens is 318 g/mol. The van der Waals surface area contributed by atoms with E-state index in [4.69, 9.17) is 4.74 Å². The monoisotopic (exact) mass is 345 g/mol. The molecule has 0 aliphatic heterocycles. The first-order valence-electron chi connectivity index (χ1n) is 8.72. The van der Waals surface area contributed by atoms with Crippen LogP contribution in [-0.4, -0.2) is 20.2 Å². The number of ether oxygens (including phenoxy) is 1. The maximum Gasteiger partial charge on any atom is 0.119 e. The zero-order valence-corrected chi connectivity index (χ0v) is 15.2. The molecule has 1 fully saturated rings. The van der Waals surface area contributed by atoms with Crippen molar-refractivity contribution in [3.8, 4) is 0 Å². The maximum atomic E-state index is 6.12. The molecule has 1 aliphatic rings. The van der Waals surface area contributed by atoms with Crippen LogP contribution in [0.2, 0.25) is 0 Å². The smallest absolute Gasteiger partial charge is 0.119 e. The van der Waals surface area contributed by atoms with Crippen LogP contribution < -0.4 is 5.32 Å². The first-order valence-corrected chi connectivity index (χ1v) is 8.72. The molecule has 1 N–H and O–H groups in total. The summed E-state index contributed by atoms with van der Waals surface area (Å²) in [6.07, 6.45) is 5.12. The Morgan fingerprint density at radius 2 is 1.50 bits per heavy atom. The van der Waals surface area contributed by atoms with Gasteiger partial charge in [-0.2, -0.15) is 0 Å². The van der Waals surface area contributed by atoms with E-state index in [1.54, 1.807) is 0 Å². The highest BCUT2D eigenvalue weighted by molar-refractivity contribution is 5.85. The van der Waals surface area contributed by atoms with Gasteiger partial charge in [0.15, 0.2) is 0 Å². The van der Waals surface area contributed by atoms with Crippen LogP contribution in [0, 0.1) is 5.92 Å². The summed E-state index contributed by atoms with van der Waals surface area (Å²) in [5.41, 5.74) is 2.06. The van der Waals surface area contributed by atoms with Crippen LogP contribution >= 0.6 is 12.4 Å². The summed E-state index contributed by atoms with van der Waals surface area (Å²) in [6.45, 7) is 2.11. The average molecular weight is 346 g/mol. The summed E-state index contributed by atoms with van der Waals surface area (Å²) < 4.78 is 6.12. The van der Waals surface area contributed by atoms with E-state index in [1.165, 1.54) is 30.4 Å². The molecule has 1 saturated carbocycles. The predicted octanol–water partition coefficient (Wildman–Crippen LogP) is 4.78. The molecular formula is C21H28ClNO. The maximum absolute atomic E-state index is 6.12. The van der Waals surface area contributed by atoms with E-state index in [0.29, 0.717) is 0 Å². The summed E-state index contributed by atoms with van der Waals surface area (Å²) in [6, 6.07) is 21.2. The number of hydrogen-bond donors (Lipinski definition) is 1. The van der Waals surface area contributed by atoms with Crippen molar-refractivity contribution in [2.75, 3.05) is 20.2 Å². The van der Waals surface area contributed by atoms with Crippen molar-refractivity contribution in [3.05, 3.63) is 71.8 Å². The Morgan fingerprint density at radius 1 is 0.958 bits per heavy atom. The fourth-order valence-electron chi connectivity index (χ4n) is 3.48. The molecule has 3 heteroatoms. The molecule has 0 aromatic heterocycles. The van der Waals surface area contributed by atoms with E-state index in [-0.39, 0.29) is 18.0 Å². The summed E-state index contributed by atoms with van der Waals surface area (Å²) in [4.78, 5) is 0. The van der Waals surface area contributed by atoms with E-state index < -0.39 is 0 Å². The molecule has 0 spiro atoms. The average Bonchev–Trinajstić information content (AvgIpc) is 2.58. The topological polar surface area (TPSA) is 21.3 Å². The van der Waals surface area contributed by atoms with Crippen LogP contribution in [0.4, 0.5) is 0 Å².